The van der Waals surface area contributed by atoms with Gasteiger partial charge in [0.25, 0.3) is 5.19 Å². The van der Waals surface area contributed by atoms with Crippen molar-refractivity contribution in [1.82, 2.24) is 10.3 Å². The van der Waals surface area contributed by atoms with Crippen LogP contribution >= 0.6 is 22.9 Å². The van der Waals surface area contributed by atoms with Gasteiger partial charge in [0.15, 0.2) is 0 Å². The molecule has 0 bridgehead atoms. The van der Waals surface area contributed by atoms with Crippen molar-refractivity contribution in [3.63, 3.8) is 0 Å². The van der Waals surface area contributed by atoms with Crippen molar-refractivity contribution in [3.05, 3.63) is 76.0 Å². The normalized spacial score (nSPS) is 10.5. The highest BCUT2D eigenvalue weighted by Crippen LogP contribution is 2.23. The van der Waals surface area contributed by atoms with E-state index in [9.17, 15) is 9.18 Å². The fourth-order valence-electron chi connectivity index (χ4n) is 2.16. The number of hydrogen-bond donors (Lipinski definition) is 1. The van der Waals surface area contributed by atoms with Crippen molar-refractivity contribution in [2.24, 2.45) is 0 Å². The van der Waals surface area contributed by atoms with Gasteiger partial charge in [0, 0.05) is 28.7 Å². The molecule has 1 amide bonds. The Balaban J connectivity index is 1.53. The Hall–Kier alpha value is -2.44. The summed E-state index contributed by atoms with van der Waals surface area (Å²) in [5.41, 5.74) is 1.10. The van der Waals surface area contributed by atoms with Crippen LogP contribution in [-0.2, 0) is 17.8 Å². The first kappa shape index (κ1) is 17.4. The average molecular weight is 377 g/mol. The molecule has 0 saturated heterocycles. The minimum atomic E-state index is -0.480. The lowest BCUT2D eigenvalue weighted by Crippen LogP contribution is -2.25. The van der Waals surface area contributed by atoms with Gasteiger partial charge in [-0.3, -0.25) is 4.79 Å². The Morgan fingerprint density at radius 2 is 2.04 bits per heavy atom. The number of amides is 1. The molecule has 1 heterocycles. The minimum absolute atomic E-state index is 0.100. The first-order valence-corrected chi connectivity index (χ1v) is 8.73. The monoisotopic (exact) mass is 376 g/mol. The maximum absolute atomic E-state index is 13.7. The molecule has 2 aromatic carbocycles. The van der Waals surface area contributed by atoms with Crippen molar-refractivity contribution in [3.8, 4) is 10.9 Å². The molecule has 0 spiro atoms. The molecule has 0 unspecified atom stereocenters. The Labute approximate surface area is 153 Å². The van der Waals surface area contributed by atoms with Crippen molar-refractivity contribution < 1.29 is 13.9 Å². The van der Waals surface area contributed by atoms with Gasteiger partial charge in [-0.2, -0.15) is 0 Å². The lowest BCUT2D eigenvalue weighted by Gasteiger charge is -2.08. The zero-order valence-electron chi connectivity index (χ0n) is 13.0. The van der Waals surface area contributed by atoms with Gasteiger partial charge in [-0.05, 0) is 29.8 Å². The highest BCUT2D eigenvalue weighted by atomic mass is 35.5. The second kappa shape index (κ2) is 8.09. The standard InChI is InChI=1S/C18H14ClFN2O2S/c19-15-2-1-3-16(20)14(15)10-17(23)22-11-12-4-6-13(7-5-12)24-18-21-8-9-25-18/h1-9H,10-11H2,(H,22,23). The van der Waals surface area contributed by atoms with E-state index in [4.69, 9.17) is 16.3 Å². The summed E-state index contributed by atoms with van der Waals surface area (Å²) in [6, 6.07) is 11.7. The molecule has 4 nitrogen and oxygen atoms in total. The fraction of sp³-hybridized carbons (Fsp3) is 0.111. The fourth-order valence-corrected chi connectivity index (χ4v) is 2.90. The number of benzene rings is 2. The molecule has 7 heteroatoms. The molecule has 0 atom stereocenters. The number of halogens is 2. The van der Waals surface area contributed by atoms with E-state index in [1.807, 2.05) is 17.5 Å². The van der Waals surface area contributed by atoms with Gasteiger partial charge in [0.2, 0.25) is 5.91 Å². The van der Waals surface area contributed by atoms with E-state index in [0.29, 0.717) is 17.5 Å². The first-order chi connectivity index (χ1) is 12.1. The van der Waals surface area contributed by atoms with Gasteiger partial charge in [-0.25, -0.2) is 9.37 Å². The van der Waals surface area contributed by atoms with E-state index >= 15 is 0 Å². The van der Waals surface area contributed by atoms with Crippen molar-refractivity contribution in [2.75, 3.05) is 0 Å². The minimum Gasteiger partial charge on any atom is -0.431 e. The highest BCUT2D eigenvalue weighted by Gasteiger charge is 2.11. The molecule has 0 radical (unpaired) electrons. The lowest BCUT2D eigenvalue weighted by atomic mass is 10.1. The number of ether oxygens (including phenoxy) is 1. The molecular weight excluding hydrogens is 363 g/mol. The van der Waals surface area contributed by atoms with E-state index in [0.717, 1.165) is 5.56 Å². The van der Waals surface area contributed by atoms with Crippen LogP contribution in [0.25, 0.3) is 0 Å². The quantitative estimate of drug-likeness (QED) is 0.684. The predicted molar refractivity (Wildman–Crippen MR) is 95.6 cm³/mol. The van der Waals surface area contributed by atoms with Crippen LogP contribution in [0, 0.1) is 5.82 Å². The second-order valence-electron chi connectivity index (χ2n) is 5.20. The van der Waals surface area contributed by atoms with E-state index in [2.05, 4.69) is 10.3 Å². The van der Waals surface area contributed by atoms with Gasteiger partial charge in [-0.15, -0.1) is 0 Å². The number of carbonyl (C=O) groups excluding carboxylic acids is 1. The maximum atomic E-state index is 13.7. The number of carbonyl (C=O) groups is 1. The summed E-state index contributed by atoms with van der Waals surface area (Å²) >= 11 is 7.34. The van der Waals surface area contributed by atoms with Crippen LogP contribution < -0.4 is 10.1 Å². The molecule has 0 aliphatic heterocycles. The van der Waals surface area contributed by atoms with E-state index < -0.39 is 5.82 Å². The van der Waals surface area contributed by atoms with E-state index in [1.54, 1.807) is 24.4 Å². The van der Waals surface area contributed by atoms with Crippen LogP contribution in [0.5, 0.6) is 10.9 Å². The number of rotatable bonds is 6. The summed E-state index contributed by atoms with van der Waals surface area (Å²) in [7, 11) is 0. The molecule has 0 aliphatic rings. The molecule has 1 aromatic heterocycles. The van der Waals surface area contributed by atoms with Crippen molar-refractivity contribution in [1.29, 1.82) is 0 Å². The number of nitrogens with zero attached hydrogens (tertiary/aromatic N) is 1. The Kier molecular flexibility index (Phi) is 5.63. The molecule has 25 heavy (non-hydrogen) atoms. The zero-order valence-corrected chi connectivity index (χ0v) is 14.6. The van der Waals surface area contributed by atoms with Crippen molar-refractivity contribution >= 4 is 28.8 Å². The van der Waals surface area contributed by atoms with Gasteiger partial charge >= 0.3 is 0 Å². The predicted octanol–water partition coefficient (Wildman–Crippen LogP) is 4.59. The molecule has 3 aromatic rings. The SMILES string of the molecule is O=C(Cc1c(F)cccc1Cl)NCc1ccc(Oc2nccs2)cc1. The first-order valence-electron chi connectivity index (χ1n) is 7.47. The van der Waals surface area contributed by atoms with Gasteiger partial charge in [-0.1, -0.05) is 41.1 Å². The smallest absolute Gasteiger partial charge is 0.278 e. The number of thiazole rings is 1. The zero-order chi connectivity index (χ0) is 17.6. The van der Waals surface area contributed by atoms with Crippen LogP contribution in [0.2, 0.25) is 5.02 Å². The van der Waals surface area contributed by atoms with Gasteiger partial charge < -0.3 is 10.1 Å². The molecular formula is C18H14ClFN2O2S. The van der Waals surface area contributed by atoms with Crippen LogP contribution in [0.4, 0.5) is 4.39 Å². The Morgan fingerprint density at radius 1 is 1.24 bits per heavy atom. The third-order valence-electron chi connectivity index (χ3n) is 3.43. The van der Waals surface area contributed by atoms with Crippen molar-refractivity contribution in [2.45, 2.75) is 13.0 Å². The largest absolute Gasteiger partial charge is 0.431 e. The second-order valence-corrected chi connectivity index (χ2v) is 6.46. The number of hydrogen-bond acceptors (Lipinski definition) is 4. The van der Waals surface area contributed by atoms with Gasteiger partial charge in [0.05, 0.1) is 6.42 Å². The lowest BCUT2D eigenvalue weighted by molar-refractivity contribution is -0.120. The van der Waals surface area contributed by atoms with Crippen LogP contribution in [-0.4, -0.2) is 10.9 Å². The summed E-state index contributed by atoms with van der Waals surface area (Å²) < 4.78 is 19.3. The molecule has 128 valence electrons. The summed E-state index contributed by atoms with van der Waals surface area (Å²) in [5.74, 6) is -0.107. The van der Waals surface area contributed by atoms with Crippen LogP contribution in [0.15, 0.2) is 54.0 Å². The summed E-state index contributed by atoms with van der Waals surface area (Å²) in [6.07, 6.45) is 1.57. The Morgan fingerprint density at radius 3 is 2.72 bits per heavy atom. The van der Waals surface area contributed by atoms with Gasteiger partial charge in [0.1, 0.15) is 11.6 Å². The third kappa shape index (κ3) is 4.78. The topological polar surface area (TPSA) is 51.2 Å². The Bertz CT molecular complexity index is 834. The molecule has 0 fully saturated rings. The summed E-state index contributed by atoms with van der Waals surface area (Å²) in [6.45, 7) is 0.336. The highest BCUT2D eigenvalue weighted by molar-refractivity contribution is 7.11. The molecule has 0 aliphatic carbocycles. The third-order valence-corrected chi connectivity index (χ3v) is 4.43. The summed E-state index contributed by atoms with van der Waals surface area (Å²) in [4.78, 5) is 16.0. The molecule has 0 saturated carbocycles. The number of aromatic nitrogens is 1. The molecule has 3 rings (SSSR count). The number of nitrogens with one attached hydrogen (secondary N) is 1. The maximum Gasteiger partial charge on any atom is 0.278 e. The van der Waals surface area contributed by atoms with Crippen LogP contribution in [0.3, 0.4) is 0 Å². The van der Waals surface area contributed by atoms with E-state index in [1.165, 1.54) is 23.5 Å². The summed E-state index contributed by atoms with van der Waals surface area (Å²) in [5, 5.41) is 5.41. The van der Waals surface area contributed by atoms with Crippen LogP contribution in [0.1, 0.15) is 11.1 Å². The van der Waals surface area contributed by atoms with E-state index in [-0.39, 0.29) is 22.9 Å². The molecule has 1 N–H and O–H groups in total. The average Bonchev–Trinajstić information content (AvgIpc) is 3.11.